The third-order valence-electron chi connectivity index (χ3n) is 3.04. The van der Waals surface area contributed by atoms with Crippen LogP contribution in [0.4, 0.5) is 15.9 Å². The van der Waals surface area contributed by atoms with Crippen LogP contribution in [-0.2, 0) is 6.54 Å². The van der Waals surface area contributed by atoms with Gasteiger partial charge in [0.2, 0.25) is 0 Å². The number of nitrogens with two attached hydrogens (primary N) is 2. The minimum Gasteiger partial charge on any atom is -0.399 e. The second kappa shape index (κ2) is 4.76. The number of halogens is 1. The highest BCUT2D eigenvalue weighted by Crippen LogP contribution is 2.30. The smallest absolute Gasteiger partial charge is 0.164 e. The lowest BCUT2D eigenvalue weighted by Gasteiger charge is -1.99. The van der Waals surface area contributed by atoms with Crippen molar-refractivity contribution in [2.45, 2.75) is 6.54 Å². The second-order valence-electron chi connectivity index (χ2n) is 4.34. The lowest BCUT2D eigenvalue weighted by Crippen LogP contribution is -2.03. The highest BCUT2D eigenvalue weighted by molar-refractivity contribution is 5.98. The highest BCUT2D eigenvalue weighted by atomic mass is 19.1. The van der Waals surface area contributed by atoms with Crippen LogP contribution in [0.25, 0.3) is 22.3 Å². The van der Waals surface area contributed by atoms with Gasteiger partial charge in [0.15, 0.2) is 5.65 Å². The molecule has 7 heteroatoms. The number of aromatic nitrogens is 4. The Balaban J connectivity index is 2.27. The van der Waals surface area contributed by atoms with Crippen molar-refractivity contribution in [2.24, 2.45) is 0 Å². The molecule has 0 spiro atoms. The first-order valence-corrected chi connectivity index (χ1v) is 6.09. The molecule has 0 saturated heterocycles. The van der Waals surface area contributed by atoms with E-state index in [0.717, 1.165) is 5.56 Å². The van der Waals surface area contributed by atoms with Gasteiger partial charge in [0.25, 0.3) is 0 Å². The van der Waals surface area contributed by atoms with Crippen LogP contribution in [-0.4, -0.2) is 26.4 Å². The van der Waals surface area contributed by atoms with Crippen LogP contribution in [0.3, 0.4) is 0 Å². The normalized spacial score (nSPS) is 11.1. The Bertz CT molecular complexity index is 749. The van der Waals surface area contributed by atoms with Crippen LogP contribution in [0.15, 0.2) is 30.6 Å². The number of aryl methyl sites for hydroxylation is 1. The van der Waals surface area contributed by atoms with E-state index in [1.807, 2.05) is 12.1 Å². The van der Waals surface area contributed by atoms with Crippen molar-refractivity contribution in [3.05, 3.63) is 30.6 Å². The largest absolute Gasteiger partial charge is 0.399 e. The predicted molar refractivity (Wildman–Crippen MR) is 75.6 cm³/mol. The molecule has 0 bridgehead atoms. The molecule has 0 amide bonds. The molecular weight excluding hydrogens is 259 g/mol. The average Bonchev–Trinajstić information content (AvgIpc) is 2.81. The summed E-state index contributed by atoms with van der Waals surface area (Å²) < 4.78 is 14.1. The first-order valence-electron chi connectivity index (χ1n) is 6.09. The van der Waals surface area contributed by atoms with E-state index in [1.165, 1.54) is 11.0 Å². The zero-order chi connectivity index (χ0) is 14.1. The van der Waals surface area contributed by atoms with E-state index in [9.17, 15) is 4.39 Å². The molecule has 4 N–H and O–H groups in total. The fraction of sp³-hybridized carbons (Fsp3) is 0.154. The molecule has 0 atom stereocenters. The average molecular weight is 272 g/mol. The summed E-state index contributed by atoms with van der Waals surface area (Å²) in [6, 6.07) is 7.22. The molecule has 102 valence electrons. The number of hydrogen-bond acceptors (Lipinski definition) is 5. The van der Waals surface area contributed by atoms with Crippen molar-refractivity contribution in [1.29, 1.82) is 0 Å². The van der Waals surface area contributed by atoms with Crippen molar-refractivity contribution in [1.82, 2.24) is 19.7 Å². The van der Waals surface area contributed by atoms with E-state index in [1.54, 1.807) is 12.1 Å². The first kappa shape index (κ1) is 12.3. The second-order valence-corrected chi connectivity index (χ2v) is 4.34. The van der Waals surface area contributed by atoms with Gasteiger partial charge in [-0.2, -0.15) is 5.10 Å². The monoisotopic (exact) mass is 272 g/mol. The summed E-state index contributed by atoms with van der Waals surface area (Å²) >= 11 is 0. The Morgan fingerprint density at radius 1 is 1.10 bits per heavy atom. The molecule has 3 aromatic rings. The Hall–Kier alpha value is -2.70. The summed E-state index contributed by atoms with van der Waals surface area (Å²) in [5.41, 5.74) is 14.2. The molecule has 0 radical (unpaired) electrons. The summed E-state index contributed by atoms with van der Waals surface area (Å²) in [6.45, 7) is -0.399. The van der Waals surface area contributed by atoms with Crippen molar-refractivity contribution >= 4 is 22.5 Å². The van der Waals surface area contributed by atoms with E-state index in [4.69, 9.17) is 11.5 Å². The summed E-state index contributed by atoms with van der Waals surface area (Å²) in [4.78, 5) is 8.12. The van der Waals surface area contributed by atoms with Crippen LogP contribution < -0.4 is 11.5 Å². The molecule has 0 aliphatic carbocycles. The van der Waals surface area contributed by atoms with E-state index in [0.29, 0.717) is 28.2 Å². The number of benzene rings is 1. The van der Waals surface area contributed by atoms with E-state index in [-0.39, 0.29) is 6.54 Å². The summed E-state index contributed by atoms with van der Waals surface area (Å²) in [6.07, 6.45) is 1.35. The van der Waals surface area contributed by atoms with Crippen molar-refractivity contribution in [3.63, 3.8) is 0 Å². The number of nitrogen functional groups attached to an aromatic ring is 2. The van der Waals surface area contributed by atoms with E-state index in [2.05, 4.69) is 15.1 Å². The number of fused-ring (bicyclic) bond motifs is 1. The number of hydrogen-bond donors (Lipinski definition) is 2. The molecular formula is C13H13FN6. The standard InChI is InChI=1S/C13H13FN6/c14-5-6-20-13-10(12(16)17-7-18-13)11(19-20)8-1-3-9(15)4-2-8/h1-4,7H,5-6,15H2,(H2,16,17,18). The Kier molecular flexibility index (Phi) is 2.94. The minimum atomic E-state index is -0.526. The van der Waals surface area contributed by atoms with Crippen molar-refractivity contribution in [2.75, 3.05) is 18.1 Å². The fourth-order valence-electron chi connectivity index (χ4n) is 2.11. The minimum absolute atomic E-state index is 0.127. The lowest BCUT2D eigenvalue weighted by molar-refractivity contribution is 0.432. The summed E-state index contributed by atoms with van der Waals surface area (Å²) in [5.74, 6) is 0.326. The number of nitrogens with zero attached hydrogens (tertiary/aromatic N) is 4. The topological polar surface area (TPSA) is 95.6 Å². The molecule has 2 aromatic heterocycles. The van der Waals surface area contributed by atoms with Crippen LogP contribution in [0.1, 0.15) is 0 Å². The molecule has 0 saturated carbocycles. The van der Waals surface area contributed by atoms with Crippen molar-refractivity contribution in [3.8, 4) is 11.3 Å². The summed E-state index contributed by atoms with van der Waals surface area (Å²) in [5, 5.41) is 5.02. The fourth-order valence-corrected chi connectivity index (χ4v) is 2.11. The molecule has 0 unspecified atom stereocenters. The Labute approximate surface area is 114 Å². The van der Waals surface area contributed by atoms with Crippen LogP contribution in [0.2, 0.25) is 0 Å². The molecule has 20 heavy (non-hydrogen) atoms. The van der Waals surface area contributed by atoms with Crippen LogP contribution in [0.5, 0.6) is 0 Å². The molecule has 0 aliphatic heterocycles. The zero-order valence-corrected chi connectivity index (χ0v) is 10.6. The van der Waals surface area contributed by atoms with Gasteiger partial charge in [-0.1, -0.05) is 12.1 Å². The van der Waals surface area contributed by atoms with Gasteiger partial charge in [-0.15, -0.1) is 0 Å². The lowest BCUT2D eigenvalue weighted by atomic mass is 10.1. The molecule has 2 heterocycles. The van der Waals surface area contributed by atoms with Crippen LogP contribution in [0, 0.1) is 0 Å². The molecule has 0 aliphatic rings. The SMILES string of the molecule is Nc1ccc(-c2nn(CCF)c3ncnc(N)c23)cc1. The third kappa shape index (κ3) is 1.93. The first-order chi connectivity index (χ1) is 9.70. The maximum Gasteiger partial charge on any atom is 0.164 e. The third-order valence-corrected chi connectivity index (χ3v) is 3.04. The van der Waals surface area contributed by atoms with Gasteiger partial charge in [0.05, 0.1) is 11.9 Å². The van der Waals surface area contributed by atoms with Gasteiger partial charge in [0.1, 0.15) is 24.5 Å². The Morgan fingerprint density at radius 2 is 1.85 bits per heavy atom. The quantitative estimate of drug-likeness (QED) is 0.706. The number of rotatable bonds is 3. The predicted octanol–water partition coefficient (Wildman–Crippen LogP) is 1.63. The summed E-state index contributed by atoms with van der Waals surface area (Å²) in [7, 11) is 0. The van der Waals surface area contributed by atoms with Gasteiger partial charge in [-0.3, -0.25) is 0 Å². The molecule has 3 rings (SSSR count). The maximum atomic E-state index is 12.6. The van der Waals surface area contributed by atoms with Gasteiger partial charge < -0.3 is 11.5 Å². The van der Waals surface area contributed by atoms with E-state index < -0.39 is 6.67 Å². The van der Waals surface area contributed by atoms with Crippen LogP contribution >= 0.6 is 0 Å². The van der Waals surface area contributed by atoms with Crippen molar-refractivity contribution < 1.29 is 4.39 Å². The van der Waals surface area contributed by atoms with Gasteiger partial charge in [-0.05, 0) is 12.1 Å². The maximum absolute atomic E-state index is 12.6. The van der Waals surface area contributed by atoms with Gasteiger partial charge in [-0.25, -0.2) is 19.0 Å². The Morgan fingerprint density at radius 3 is 2.55 bits per heavy atom. The molecule has 6 nitrogen and oxygen atoms in total. The van der Waals surface area contributed by atoms with Gasteiger partial charge in [0, 0.05) is 11.3 Å². The zero-order valence-electron chi connectivity index (χ0n) is 10.6. The van der Waals surface area contributed by atoms with Gasteiger partial charge >= 0.3 is 0 Å². The molecule has 1 aromatic carbocycles. The molecule has 0 fully saturated rings. The highest BCUT2D eigenvalue weighted by Gasteiger charge is 2.16. The number of alkyl halides is 1. The number of anilines is 2. The van der Waals surface area contributed by atoms with E-state index >= 15 is 0 Å².